The number of fused-ring (bicyclic) bond motifs is 5. The lowest BCUT2D eigenvalue weighted by Crippen LogP contribution is -2.42. The molecule has 1 aromatic rings. The van der Waals surface area contributed by atoms with Gasteiger partial charge in [-0.25, -0.2) is 0 Å². The normalized spacial score (nSPS) is 32.3. The number of ketones is 1. The van der Waals surface area contributed by atoms with Gasteiger partial charge in [0.05, 0.1) is 0 Å². The number of Topliss-reactive ketones (excluding diaryl/α,β-unsaturated/α-hetero) is 1. The van der Waals surface area contributed by atoms with Crippen LogP contribution in [-0.4, -0.2) is 5.78 Å². The summed E-state index contributed by atoms with van der Waals surface area (Å²) in [6.45, 7) is 14.7. The van der Waals surface area contributed by atoms with Crippen LogP contribution in [0.5, 0.6) is 0 Å². The van der Waals surface area contributed by atoms with E-state index in [1.165, 1.54) is 30.4 Å². The summed E-state index contributed by atoms with van der Waals surface area (Å²) < 4.78 is 0. The molecule has 3 aliphatic carbocycles. The Bertz CT molecular complexity index is 621. The van der Waals surface area contributed by atoms with Gasteiger partial charge in [-0.15, -0.1) is 0 Å². The molecule has 0 spiro atoms. The maximum atomic E-state index is 12.3. The molecule has 4 atom stereocenters. The van der Waals surface area contributed by atoms with Crippen LogP contribution in [0.3, 0.4) is 0 Å². The molecule has 0 radical (unpaired) electrons. The molecule has 4 rings (SSSR count). The molecular weight excluding hydrogens is 304 g/mol. The summed E-state index contributed by atoms with van der Waals surface area (Å²) in [5.41, 5.74) is 6.09. The highest BCUT2D eigenvalue weighted by molar-refractivity contribution is 5.87. The van der Waals surface area contributed by atoms with Gasteiger partial charge in [0.15, 0.2) is 0 Å². The van der Waals surface area contributed by atoms with E-state index in [0.29, 0.717) is 11.7 Å². The molecule has 0 heterocycles. The zero-order valence-electron chi connectivity index (χ0n) is 17.5. The van der Waals surface area contributed by atoms with Crippen LogP contribution in [0, 0.1) is 31.1 Å². The van der Waals surface area contributed by atoms with E-state index < -0.39 is 0 Å². The van der Waals surface area contributed by atoms with Gasteiger partial charge in [0.1, 0.15) is 5.78 Å². The van der Waals surface area contributed by atoms with E-state index in [2.05, 4.69) is 32.9 Å². The number of benzene rings is 1. The molecule has 0 bridgehead atoms. The molecule has 0 N–H and O–H groups in total. The second-order valence-electron chi connectivity index (χ2n) is 7.97. The highest BCUT2D eigenvalue weighted by Gasteiger charge is 2.54. The lowest BCUT2D eigenvalue weighted by Gasteiger charge is -2.48. The Kier molecular flexibility index (Phi) is 6.51. The van der Waals surface area contributed by atoms with Gasteiger partial charge in [-0.3, -0.25) is 4.79 Å². The van der Waals surface area contributed by atoms with Crippen LogP contribution in [-0.2, 0) is 11.2 Å². The van der Waals surface area contributed by atoms with Crippen molar-refractivity contribution in [2.75, 3.05) is 0 Å². The van der Waals surface area contributed by atoms with Crippen molar-refractivity contribution in [1.82, 2.24) is 0 Å². The monoisotopic (exact) mass is 344 g/mol. The van der Waals surface area contributed by atoms with Crippen LogP contribution < -0.4 is 0 Å². The van der Waals surface area contributed by atoms with E-state index in [4.69, 9.17) is 0 Å². The van der Waals surface area contributed by atoms with Crippen molar-refractivity contribution in [3.05, 3.63) is 34.4 Å². The lowest BCUT2D eigenvalue weighted by molar-refractivity contribution is -0.129. The number of carbonyl (C=O) groups excluding carboxylic acids is 1. The van der Waals surface area contributed by atoms with Gasteiger partial charge in [0, 0.05) is 13.3 Å². The minimum absolute atomic E-state index is 0. The minimum atomic E-state index is 0. The molecule has 2 fully saturated rings. The van der Waals surface area contributed by atoms with E-state index in [9.17, 15) is 4.79 Å². The van der Waals surface area contributed by atoms with E-state index in [-0.39, 0.29) is 6.84 Å². The smallest absolute Gasteiger partial charge is 0.139 e. The fourth-order valence-corrected chi connectivity index (χ4v) is 5.63. The van der Waals surface area contributed by atoms with Crippen molar-refractivity contribution >= 4 is 5.78 Å². The Labute approximate surface area is 157 Å². The molecule has 1 aromatic carbocycles. The predicted molar refractivity (Wildman–Crippen MR) is 110 cm³/mol. The van der Waals surface area contributed by atoms with Crippen molar-refractivity contribution in [3.63, 3.8) is 0 Å². The van der Waals surface area contributed by atoms with Gasteiger partial charge in [0.2, 0.25) is 0 Å². The second-order valence-corrected chi connectivity index (χ2v) is 7.97. The number of hydrogen-bond donors (Lipinski definition) is 0. The third-order valence-electron chi connectivity index (χ3n) is 7.05. The standard InChI is InChI=1S/C20H26O.2C2H6.H2/c1-12-10-14-4-5-16-15(17(14)11-13(12)2)8-9-20(3)18(16)6-7-19(20)21;2*1-2;/h10-11,15-16,18H,4-9H2,1-3H3;2*1-2H3;1H. The highest BCUT2D eigenvalue weighted by atomic mass is 16.1. The average Bonchev–Trinajstić information content (AvgIpc) is 2.95. The fourth-order valence-electron chi connectivity index (χ4n) is 5.63. The maximum absolute atomic E-state index is 12.3. The Morgan fingerprint density at radius 2 is 1.60 bits per heavy atom. The first-order valence-corrected chi connectivity index (χ1v) is 10.6. The Morgan fingerprint density at radius 3 is 2.28 bits per heavy atom. The zero-order valence-corrected chi connectivity index (χ0v) is 17.5. The summed E-state index contributed by atoms with van der Waals surface area (Å²) in [5.74, 6) is 2.68. The molecular formula is C24H40O. The lowest BCUT2D eigenvalue weighted by atomic mass is 9.55. The number of rotatable bonds is 0. The van der Waals surface area contributed by atoms with Gasteiger partial charge in [0.25, 0.3) is 0 Å². The first-order valence-electron chi connectivity index (χ1n) is 10.6. The first kappa shape index (κ1) is 20.2. The summed E-state index contributed by atoms with van der Waals surface area (Å²) in [7, 11) is 0. The van der Waals surface area contributed by atoms with E-state index in [1.807, 2.05) is 27.7 Å². The molecule has 0 amide bonds. The molecule has 142 valence electrons. The van der Waals surface area contributed by atoms with Crippen molar-refractivity contribution in [2.24, 2.45) is 17.3 Å². The molecule has 1 heteroatoms. The second kappa shape index (κ2) is 8.06. The van der Waals surface area contributed by atoms with Crippen molar-refractivity contribution in [3.8, 4) is 0 Å². The minimum Gasteiger partial charge on any atom is -0.299 e. The Hall–Kier alpha value is -1.11. The molecule has 25 heavy (non-hydrogen) atoms. The third-order valence-corrected chi connectivity index (χ3v) is 7.05. The van der Waals surface area contributed by atoms with Crippen LogP contribution in [0.15, 0.2) is 12.1 Å². The summed E-state index contributed by atoms with van der Waals surface area (Å²) >= 11 is 0. The van der Waals surface area contributed by atoms with Crippen LogP contribution in [0.1, 0.15) is 96.3 Å². The molecule has 2 saturated carbocycles. The van der Waals surface area contributed by atoms with Crippen molar-refractivity contribution in [2.45, 2.75) is 92.9 Å². The topological polar surface area (TPSA) is 17.1 Å². The molecule has 1 nitrogen and oxygen atoms in total. The average molecular weight is 345 g/mol. The van der Waals surface area contributed by atoms with Gasteiger partial charge in [-0.2, -0.15) is 0 Å². The number of hydrogen-bond acceptors (Lipinski definition) is 1. The van der Waals surface area contributed by atoms with Gasteiger partial charge in [-0.1, -0.05) is 46.8 Å². The summed E-state index contributed by atoms with van der Waals surface area (Å²) in [5, 5.41) is 0. The number of aryl methyl sites for hydroxylation is 3. The van der Waals surface area contributed by atoms with E-state index in [1.54, 1.807) is 11.1 Å². The van der Waals surface area contributed by atoms with Gasteiger partial charge in [-0.05, 0) is 86.0 Å². The Morgan fingerprint density at radius 1 is 0.960 bits per heavy atom. The molecule has 3 aliphatic rings. The number of carbonyl (C=O) groups is 1. The molecule has 0 saturated heterocycles. The molecule has 4 unspecified atom stereocenters. The summed E-state index contributed by atoms with van der Waals surface area (Å²) in [6.07, 6.45) is 6.84. The van der Waals surface area contributed by atoms with Crippen LogP contribution in [0.4, 0.5) is 0 Å². The Balaban J connectivity index is 0.000000635. The third kappa shape index (κ3) is 3.32. The zero-order chi connectivity index (χ0) is 18.8. The quantitative estimate of drug-likeness (QED) is 0.494. The molecule has 0 aromatic heterocycles. The van der Waals surface area contributed by atoms with Crippen molar-refractivity contribution < 1.29 is 6.22 Å². The van der Waals surface area contributed by atoms with Crippen LogP contribution in [0.25, 0.3) is 0 Å². The van der Waals surface area contributed by atoms with Crippen LogP contribution >= 0.6 is 0 Å². The first-order chi connectivity index (χ1) is 12.0. The largest absolute Gasteiger partial charge is 0.299 e. The van der Waals surface area contributed by atoms with Crippen LogP contribution in [0.2, 0.25) is 0 Å². The van der Waals surface area contributed by atoms with Gasteiger partial charge < -0.3 is 0 Å². The van der Waals surface area contributed by atoms with E-state index in [0.717, 1.165) is 31.1 Å². The predicted octanol–water partition coefficient (Wildman–Crippen LogP) is 7.03. The van der Waals surface area contributed by atoms with Crippen molar-refractivity contribution in [1.29, 1.82) is 0 Å². The van der Waals surface area contributed by atoms with E-state index >= 15 is 0 Å². The maximum Gasteiger partial charge on any atom is 0.139 e. The fraction of sp³-hybridized carbons (Fsp3) is 0.708. The van der Waals surface area contributed by atoms with Gasteiger partial charge >= 0.3 is 0 Å². The molecule has 0 aliphatic heterocycles. The summed E-state index contributed by atoms with van der Waals surface area (Å²) in [4.78, 5) is 12.3. The SMILES string of the molecule is CC.CC.Cc1cc2c(cc1C)C1CCC3(C)C(=O)CCC3C1CC2.[HH]. The highest BCUT2D eigenvalue weighted by Crippen LogP contribution is 2.59. The summed E-state index contributed by atoms with van der Waals surface area (Å²) in [6, 6.07) is 4.88.